The number of amides is 1. The number of aryl methyl sites for hydroxylation is 1. The molecule has 0 saturated heterocycles. The third-order valence-electron chi connectivity index (χ3n) is 4.06. The minimum absolute atomic E-state index is 0.124. The van der Waals surface area contributed by atoms with E-state index in [2.05, 4.69) is 28.7 Å². The number of hydrogen-bond donors (Lipinski definition) is 1. The summed E-state index contributed by atoms with van der Waals surface area (Å²) >= 11 is 1.44. The van der Waals surface area contributed by atoms with Gasteiger partial charge in [-0.3, -0.25) is 10.1 Å². The number of fused-ring (bicyclic) bond motifs is 1. The molecular formula is C18H21N3O2S. The summed E-state index contributed by atoms with van der Waals surface area (Å²) in [6.07, 6.45) is 0. The zero-order valence-corrected chi connectivity index (χ0v) is 15.3. The topological polar surface area (TPSA) is 56.1 Å². The number of benzene rings is 1. The van der Waals surface area contributed by atoms with Gasteiger partial charge in [-0.25, -0.2) is 4.98 Å². The van der Waals surface area contributed by atoms with Gasteiger partial charge in [0.25, 0.3) is 5.91 Å². The van der Waals surface area contributed by atoms with Crippen LogP contribution in [0.1, 0.15) is 41.6 Å². The van der Waals surface area contributed by atoms with Crippen molar-refractivity contribution in [3.63, 3.8) is 0 Å². The van der Waals surface area contributed by atoms with E-state index in [-0.39, 0.29) is 5.91 Å². The second-order valence-electron chi connectivity index (χ2n) is 6.06. The second kappa shape index (κ2) is 6.28. The molecule has 6 heteroatoms. The van der Waals surface area contributed by atoms with E-state index in [0.717, 1.165) is 27.4 Å². The lowest BCUT2D eigenvalue weighted by molar-refractivity contribution is 0.102. The number of ether oxygens (including phenoxy) is 1. The third-order valence-corrected chi connectivity index (χ3v) is 5.00. The number of anilines is 1. The van der Waals surface area contributed by atoms with E-state index >= 15 is 0 Å². The summed E-state index contributed by atoms with van der Waals surface area (Å²) < 4.78 is 8.37. The Bertz CT molecular complexity index is 909. The van der Waals surface area contributed by atoms with E-state index in [1.165, 1.54) is 11.3 Å². The summed E-state index contributed by atoms with van der Waals surface area (Å²) in [6.45, 7) is 8.23. The fourth-order valence-corrected chi connectivity index (χ4v) is 3.94. The Balaban J connectivity index is 1.88. The van der Waals surface area contributed by atoms with Gasteiger partial charge in [-0.15, -0.1) is 0 Å². The maximum Gasteiger partial charge on any atom is 0.259 e. The molecule has 0 aliphatic rings. The van der Waals surface area contributed by atoms with Gasteiger partial charge in [-0.05, 0) is 52.0 Å². The van der Waals surface area contributed by atoms with Gasteiger partial charge in [-0.1, -0.05) is 11.3 Å². The van der Waals surface area contributed by atoms with Crippen molar-refractivity contribution < 1.29 is 9.53 Å². The number of hydrogen-bond acceptors (Lipinski definition) is 4. The number of carbonyl (C=O) groups excluding carboxylic acids is 1. The van der Waals surface area contributed by atoms with Crippen molar-refractivity contribution >= 4 is 32.6 Å². The number of thiazole rings is 1. The molecule has 1 aromatic carbocycles. The summed E-state index contributed by atoms with van der Waals surface area (Å²) in [5.74, 6) is 0.658. The van der Waals surface area contributed by atoms with Crippen LogP contribution in [-0.4, -0.2) is 22.6 Å². The van der Waals surface area contributed by atoms with Gasteiger partial charge in [0.05, 0.1) is 22.9 Å². The highest BCUT2D eigenvalue weighted by Gasteiger charge is 2.18. The molecule has 0 aliphatic heterocycles. The Morgan fingerprint density at radius 1 is 1.29 bits per heavy atom. The fourth-order valence-electron chi connectivity index (χ4n) is 3.05. The summed E-state index contributed by atoms with van der Waals surface area (Å²) in [6, 6.07) is 7.94. The van der Waals surface area contributed by atoms with Gasteiger partial charge in [0.2, 0.25) is 0 Å². The number of rotatable bonds is 4. The number of nitrogens with zero attached hydrogens (tertiary/aromatic N) is 2. The van der Waals surface area contributed by atoms with E-state index in [1.807, 2.05) is 38.1 Å². The molecule has 5 nitrogen and oxygen atoms in total. The highest BCUT2D eigenvalue weighted by atomic mass is 32.1. The quantitative estimate of drug-likeness (QED) is 0.756. The number of methoxy groups -OCH3 is 1. The Morgan fingerprint density at radius 2 is 2.04 bits per heavy atom. The van der Waals surface area contributed by atoms with Crippen LogP contribution in [-0.2, 0) is 0 Å². The van der Waals surface area contributed by atoms with Crippen LogP contribution < -0.4 is 10.1 Å². The average Bonchev–Trinajstić information content (AvgIpc) is 3.06. The first-order valence-corrected chi connectivity index (χ1v) is 8.66. The van der Waals surface area contributed by atoms with Crippen molar-refractivity contribution in [2.24, 2.45) is 0 Å². The van der Waals surface area contributed by atoms with E-state index in [4.69, 9.17) is 4.74 Å². The molecule has 0 unspecified atom stereocenters. The van der Waals surface area contributed by atoms with Gasteiger partial charge in [0.15, 0.2) is 5.13 Å². The molecule has 0 saturated carbocycles. The van der Waals surface area contributed by atoms with Gasteiger partial charge in [0, 0.05) is 17.4 Å². The minimum atomic E-state index is -0.124. The Labute approximate surface area is 145 Å². The lowest BCUT2D eigenvalue weighted by Crippen LogP contribution is -2.13. The monoisotopic (exact) mass is 343 g/mol. The molecule has 126 valence electrons. The molecule has 0 atom stereocenters. The Kier molecular flexibility index (Phi) is 4.32. The largest absolute Gasteiger partial charge is 0.497 e. The van der Waals surface area contributed by atoms with Gasteiger partial charge in [-0.2, -0.15) is 0 Å². The Morgan fingerprint density at radius 3 is 2.67 bits per heavy atom. The lowest BCUT2D eigenvalue weighted by atomic mass is 10.2. The smallest absolute Gasteiger partial charge is 0.259 e. The molecule has 0 fully saturated rings. The van der Waals surface area contributed by atoms with E-state index in [0.29, 0.717) is 16.7 Å². The van der Waals surface area contributed by atoms with Crippen LogP contribution in [0.25, 0.3) is 10.2 Å². The molecule has 24 heavy (non-hydrogen) atoms. The molecule has 0 radical (unpaired) electrons. The average molecular weight is 343 g/mol. The van der Waals surface area contributed by atoms with Gasteiger partial charge < -0.3 is 9.30 Å². The van der Waals surface area contributed by atoms with Crippen molar-refractivity contribution in [2.45, 2.75) is 33.7 Å². The standard InChI is InChI=1S/C18H21N3O2S/c1-10(2)21-11(3)8-14(12(21)4)17(22)20-18-19-15-7-6-13(23-5)9-16(15)24-18/h6-10H,1-5H3,(H,19,20,22). The van der Waals surface area contributed by atoms with Crippen LogP contribution in [0.2, 0.25) is 0 Å². The maximum absolute atomic E-state index is 12.6. The van der Waals surface area contributed by atoms with Gasteiger partial charge >= 0.3 is 0 Å². The van der Waals surface area contributed by atoms with Crippen LogP contribution in [0.4, 0.5) is 5.13 Å². The molecule has 0 spiro atoms. The highest BCUT2D eigenvalue weighted by molar-refractivity contribution is 7.22. The minimum Gasteiger partial charge on any atom is -0.497 e. The summed E-state index contributed by atoms with van der Waals surface area (Å²) in [7, 11) is 1.63. The van der Waals surface area contributed by atoms with Crippen molar-refractivity contribution in [1.82, 2.24) is 9.55 Å². The van der Waals surface area contributed by atoms with E-state index in [1.54, 1.807) is 7.11 Å². The van der Waals surface area contributed by atoms with Gasteiger partial charge in [0.1, 0.15) is 5.75 Å². The van der Waals surface area contributed by atoms with E-state index in [9.17, 15) is 4.79 Å². The van der Waals surface area contributed by atoms with E-state index < -0.39 is 0 Å². The lowest BCUT2D eigenvalue weighted by Gasteiger charge is -2.13. The highest BCUT2D eigenvalue weighted by Crippen LogP contribution is 2.30. The molecule has 1 amide bonds. The molecule has 3 aromatic rings. The zero-order valence-electron chi connectivity index (χ0n) is 14.5. The predicted octanol–water partition coefficient (Wildman–Crippen LogP) is 4.56. The van der Waals surface area contributed by atoms with Crippen LogP contribution in [0.15, 0.2) is 24.3 Å². The number of nitrogens with one attached hydrogen (secondary N) is 1. The Hall–Kier alpha value is -2.34. The third kappa shape index (κ3) is 2.89. The first kappa shape index (κ1) is 16.5. The molecule has 2 aromatic heterocycles. The fraction of sp³-hybridized carbons (Fsp3) is 0.333. The SMILES string of the molecule is COc1ccc2nc(NC(=O)c3cc(C)n(C(C)C)c3C)sc2c1. The molecular weight excluding hydrogens is 322 g/mol. The second-order valence-corrected chi connectivity index (χ2v) is 7.09. The normalized spacial score (nSPS) is 11.2. The van der Waals surface area contributed by atoms with Crippen molar-refractivity contribution in [3.8, 4) is 5.75 Å². The summed E-state index contributed by atoms with van der Waals surface area (Å²) in [5, 5.41) is 3.51. The van der Waals surface area contributed by atoms with Crippen LogP contribution in [0.5, 0.6) is 5.75 Å². The molecule has 0 bridgehead atoms. The van der Waals surface area contributed by atoms with Crippen molar-refractivity contribution in [3.05, 3.63) is 41.2 Å². The maximum atomic E-state index is 12.6. The molecule has 0 aliphatic carbocycles. The first-order chi connectivity index (χ1) is 11.4. The molecule has 3 rings (SSSR count). The van der Waals surface area contributed by atoms with Crippen LogP contribution in [0, 0.1) is 13.8 Å². The molecule has 1 N–H and O–H groups in total. The van der Waals surface area contributed by atoms with Crippen LogP contribution in [0.3, 0.4) is 0 Å². The number of carbonyl (C=O) groups is 1. The molecule has 2 heterocycles. The van der Waals surface area contributed by atoms with Crippen LogP contribution >= 0.6 is 11.3 Å². The number of aromatic nitrogens is 2. The summed E-state index contributed by atoms with van der Waals surface area (Å²) in [4.78, 5) is 17.1. The van der Waals surface area contributed by atoms with Crippen molar-refractivity contribution in [1.29, 1.82) is 0 Å². The zero-order chi connectivity index (χ0) is 17.4. The first-order valence-electron chi connectivity index (χ1n) is 7.85. The summed E-state index contributed by atoms with van der Waals surface area (Å²) in [5.41, 5.74) is 3.60. The predicted molar refractivity (Wildman–Crippen MR) is 98.4 cm³/mol. The van der Waals surface area contributed by atoms with Crippen molar-refractivity contribution in [2.75, 3.05) is 12.4 Å².